The van der Waals surface area contributed by atoms with Gasteiger partial charge in [-0.25, -0.2) is 8.42 Å². The number of amides is 1. The molecule has 3 rings (SSSR count). The van der Waals surface area contributed by atoms with Crippen LogP contribution in [0.1, 0.15) is 32.0 Å². The minimum absolute atomic E-state index is 0.0200. The van der Waals surface area contributed by atoms with E-state index in [0.29, 0.717) is 26.8 Å². The molecule has 0 aliphatic carbocycles. The number of rotatable bonds is 4. The van der Waals surface area contributed by atoms with Crippen molar-refractivity contribution in [1.82, 2.24) is 14.2 Å². The van der Waals surface area contributed by atoms with Crippen molar-refractivity contribution in [3.05, 3.63) is 37.2 Å². The molecule has 3 heterocycles. The van der Waals surface area contributed by atoms with E-state index in [0.717, 1.165) is 11.3 Å². The van der Waals surface area contributed by atoms with E-state index in [9.17, 15) is 22.8 Å². The van der Waals surface area contributed by atoms with Gasteiger partial charge >= 0.3 is 4.87 Å². The highest BCUT2D eigenvalue weighted by Gasteiger charge is 2.33. The molecule has 1 aliphatic rings. The number of aryl methyl sites for hydroxylation is 1. The Balaban J connectivity index is 1.70. The molecule has 0 aromatic carbocycles. The summed E-state index contributed by atoms with van der Waals surface area (Å²) in [6, 6.07) is 3.24. The summed E-state index contributed by atoms with van der Waals surface area (Å²) in [5.41, 5.74) is 0.328. The van der Waals surface area contributed by atoms with Crippen molar-refractivity contribution < 1.29 is 18.0 Å². The van der Waals surface area contributed by atoms with Crippen molar-refractivity contribution in [3.63, 3.8) is 0 Å². The number of thiophene rings is 1. The Hall–Kier alpha value is -1.82. The van der Waals surface area contributed by atoms with E-state index in [1.54, 1.807) is 24.0 Å². The van der Waals surface area contributed by atoms with Crippen LogP contribution in [0.5, 0.6) is 0 Å². The number of nitrogens with zero attached hydrogens (tertiary/aromatic N) is 2. The van der Waals surface area contributed by atoms with Gasteiger partial charge in [0, 0.05) is 31.9 Å². The molecule has 1 saturated heterocycles. The second kappa shape index (κ2) is 7.06. The number of aromatic amines is 1. The molecule has 8 nitrogen and oxygen atoms in total. The lowest BCUT2D eigenvalue weighted by atomic mass is 10.3. The van der Waals surface area contributed by atoms with E-state index >= 15 is 0 Å². The number of aromatic nitrogens is 1. The van der Waals surface area contributed by atoms with Crippen molar-refractivity contribution >= 4 is 44.4 Å². The standard InChI is InChI=1S/C15H17N3O5S3/c1-9-14(25-15(21)16-9)26(22,23)18-7-5-17(6-8-18)13(20)12-4-3-11(24-12)10(2)19/h3-4H,5-8H2,1-2H3,(H,16,21). The van der Waals surface area contributed by atoms with Crippen molar-refractivity contribution in [1.29, 1.82) is 0 Å². The Morgan fingerprint density at radius 1 is 1.08 bits per heavy atom. The molecule has 0 unspecified atom stereocenters. The van der Waals surface area contributed by atoms with Crippen molar-refractivity contribution in [2.75, 3.05) is 26.2 Å². The number of carbonyl (C=O) groups is 2. The van der Waals surface area contributed by atoms with Gasteiger partial charge in [0.25, 0.3) is 15.9 Å². The summed E-state index contributed by atoms with van der Waals surface area (Å²) in [5.74, 6) is -0.298. The predicted octanol–water partition coefficient (Wildman–Crippen LogP) is 1.16. The van der Waals surface area contributed by atoms with Gasteiger partial charge < -0.3 is 9.88 Å². The van der Waals surface area contributed by atoms with Crippen molar-refractivity contribution in [2.24, 2.45) is 0 Å². The summed E-state index contributed by atoms with van der Waals surface area (Å²) in [5, 5.41) is 0. The number of Topliss-reactive ketones (excluding diaryl/α,β-unsaturated/α-hetero) is 1. The second-order valence-corrected chi connectivity index (χ2v) is 10.0. The van der Waals surface area contributed by atoms with Crippen LogP contribution in [0.2, 0.25) is 0 Å². The van der Waals surface area contributed by atoms with Crippen LogP contribution in [0.15, 0.2) is 21.1 Å². The Morgan fingerprint density at radius 2 is 1.69 bits per heavy atom. The fourth-order valence-electron chi connectivity index (χ4n) is 2.68. The highest BCUT2D eigenvalue weighted by Crippen LogP contribution is 2.24. The average Bonchev–Trinajstić information content (AvgIpc) is 3.21. The maximum absolute atomic E-state index is 12.7. The number of H-pyrrole nitrogens is 1. The zero-order valence-electron chi connectivity index (χ0n) is 14.1. The van der Waals surface area contributed by atoms with Crippen LogP contribution < -0.4 is 4.87 Å². The van der Waals surface area contributed by atoms with Crippen molar-refractivity contribution in [3.8, 4) is 0 Å². The molecule has 26 heavy (non-hydrogen) atoms. The van der Waals surface area contributed by atoms with Gasteiger partial charge in [-0.1, -0.05) is 11.3 Å². The first-order valence-corrected chi connectivity index (χ1v) is 10.9. The Labute approximate surface area is 158 Å². The lowest BCUT2D eigenvalue weighted by Crippen LogP contribution is -2.50. The second-order valence-electron chi connectivity index (χ2n) is 5.84. The molecule has 2 aromatic rings. The first-order chi connectivity index (χ1) is 12.2. The lowest BCUT2D eigenvalue weighted by molar-refractivity contribution is 0.0702. The molecular formula is C15H17N3O5S3. The largest absolute Gasteiger partial charge is 0.335 e. The van der Waals surface area contributed by atoms with Crippen LogP contribution in [0.3, 0.4) is 0 Å². The monoisotopic (exact) mass is 415 g/mol. The first kappa shape index (κ1) is 19.0. The molecule has 1 N–H and O–H groups in total. The van der Waals surface area contributed by atoms with Crippen LogP contribution in [0.4, 0.5) is 0 Å². The molecule has 1 fully saturated rings. The SMILES string of the molecule is CC(=O)c1ccc(C(=O)N2CCN(S(=O)(=O)c3sc(=O)[nH]c3C)CC2)s1. The fraction of sp³-hybridized carbons (Fsp3) is 0.400. The van der Waals surface area contributed by atoms with Crippen LogP contribution >= 0.6 is 22.7 Å². The van der Waals surface area contributed by atoms with Crippen molar-refractivity contribution in [2.45, 2.75) is 18.1 Å². The quantitative estimate of drug-likeness (QED) is 0.754. The molecule has 2 aromatic heterocycles. The van der Waals surface area contributed by atoms with Crippen LogP contribution in [0.25, 0.3) is 0 Å². The summed E-state index contributed by atoms with van der Waals surface area (Å²) in [6.45, 7) is 3.82. The van der Waals surface area contributed by atoms with E-state index in [2.05, 4.69) is 4.98 Å². The fourth-order valence-corrected chi connectivity index (χ4v) is 6.41. The number of ketones is 1. The molecule has 11 heteroatoms. The Bertz CT molecular complexity index is 1010. The molecule has 0 radical (unpaired) electrons. The van der Waals surface area contributed by atoms with Crippen LogP contribution in [0, 0.1) is 6.92 Å². The van der Waals surface area contributed by atoms with Gasteiger partial charge in [-0.05, 0) is 26.0 Å². The molecule has 0 atom stereocenters. The zero-order chi connectivity index (χ0) is 19.1. The highest BCUT2D eigenvalue weighted by atomic mass is 32.2. The van der Waals surface area contributed by atoms with Gasteiger partial charge in [0.1, 0.15) is 0 Å². The summed E-state index contributed by atoms with van der Waals surface area (Å²) in [6.07, 6.45) is 0. The first-order valence-electron chi connectivity index (χ1n) is 7.80. The maximum Gasteiger partial charge on any atom is 0.305 e. The minimum atomic E-state index is -3.75. The number of piperazine rings is 1. The molecule has 0 bridgehead atoms. The topological polar surface area (TPSA) is 108 Å². The molecule has 140 valence electrons. The highest BCUT2D eigenvalue weighted by molar-refractivity contribution is 7.91. The number of nitrogens with one attached hydrogen (secondary N) is 1. The Morgan fingerprint density at radius 3 is 2.19 bits per heavy atom. The summed E-state index contributed by atoms with van der Waals surface area (Å²) in [7, 11) is -3.75. The summed E-state index contributed by atoms with van der Waals surface area (Å²) < 4.78 is 26.7. The lowest BCUT2D eigenvalue weighted by Gasteiger charge is -2.33. The summed E-state index contributed by atoms with van der Waals surface area (Å²) >= 11 is 1.81. The maximum atomic E-state index is 12.7. The van der Waals surface area contributed by atoms with Crippen LogP contribution in [-0.2, 0) is 10.0 Å². The third kappa shape index (κ3) is 3.52. The molecule has 1 amide bonds. The van der Waals surface area contributed by atoms with E-state index in [1.165, 1.54) is 11.2 Å². The number of sulfonamides is 1. The van der Waals surface area contributed by atoms with Gasteiger partial charge in [-0.15, -0.1) is 11.3 Å². The number of carbonyl (C=O) groups excluding carboxylic acids is 2. The van der Waals surface area contributed by atoms with E-state index in [4.69, 9.17) is 0 Å². The zero-order valence-corrected chi connectivity index (χ0v) is 16.6. The normalized spacial score (nSPS) is 16.0. The van der Waals surface area contributed by atoms with Gasteiger partial charge in [-0.3, -0.25) is 14.4 Å². The van der Waals surface area contributed by atoms with Gasteiger partial charge in [0.15, 0.2) is 9.99 Å². The molecular weight excluding hydrogens is 398 g/mol. The molecule has 0 spiro atoms. The average molecular weight is 416 g/mol. The van der Waals surface area contributed by atoms with Crippen LogP contribution in [-0.4, -0.2) is 60.5 Å². The van der Waals surface area contributed by atoms with Gasteiger partial charge in [0.05, 0.1) is 9.75 Å². The minimum Gasteiger partial charge on any atom is -0.335 e. The van der Waals surface area contributed by atoms with Gasteiger partial charge in [-0.2, -0.15) is 4.31 Å². The predicted molar refractivity (Wildman–Crippen MR) is 98.7 cm³/mol. The smallest absolute Gasteiger partial charge is 0.305 e. The number of hydrogen-bond acceptors (Lipinski definition) is 7. The van der Waals surface area contributed by atoms with E-state index < -0.39 is 14.9 Å². The summed E-state index contributed by atoms with van der Waals surface area (Å²) in [4.78, 5) is 39.9. The third-order valence-electron chi connectivity index (χ3n) is 4.04. The third-order valence-corrected chi connectivity index (χ3v) is 8.70. The number of thiazole rings is 1. The van der Waals surface area contributed by atoms with Gasteiger partial charge in [0.2, 0.25) is 0 Å². The number of hydrogen-bond donors (Lipinski definition) is 1. The van der Waals surface area contributed by atoms with E-state index in [1.807, 2.05) is 0 Å². The molecule has 0 saturated carbocycles. The van der Waals surface area contributed by atoms with E-state index in [-0.39, 0.29) is 42.1 Å². The molecule has 1 aliphatic heterocycles. The Kier molecular flexibility index (Phi) is 5.15.